The minimum atomic E-state index is -0.312. The molecular weight excluding hydrogens is 272 g/mol. The number of fused-ring (bicyclic) bond motifs is 1. The van der Waals surface area contributed by atoms with E-state index in [0.29, 0.717) is 17.4 Å². The number of benzene rings is 1. The van der Waals surface area contributed by atoms with Gasteiger partial charge in [0, 0.05) is 13.2 Å². The van der Waals surface area contributed by atoms with Gasteiger partial charge in [-0.05, 0) is 25.0 Å². The Morgan fingerprint density at radius 3 is 3.10 bits per heavy atom. The van der Waals surface area contributed by atoms with Crippen molar-refractivity contribution >= 4 is 16.8 Å². The molecule has 21 heavy (non-hydrogen) atoms. The molecule has 3 rings (SSSR count). The Balaban J connectivity index is 1.68. The van der Waals surface area contributed by atoms with E-state index in [4.69, 9.17) is 4.74 Å². The highest BCUT2D eigenvalue weighted by Crippen LogP contribution is 2.10. The van der Waals surface area contributed by atoms with Crippen molar-refractivity contribution in [3.8, 4) is 0 Å². The highest BCUT2D eigenvalue weighted by atomic mass is 16.5. The largest absolute Gasteiger partial charge is 0.376 e. The lowest BCUT2D eigenvalue weighted by molar-refractivity contribution is -0.122. The van der Waals surface area contributed by atoms with Gasteiger partial charge in [-0.15, -0.1) is 5.10 Å². The summed E-state index contributed by atoms with van der Waals surface area (Å²) in [7, 11) is 0. The smallest absolute Gasteiger partial charge is 0.278 e. The van der Waals surface area contributed by atoms with Crippen LogP contribution in [0.3, 0.4) is 0 Å². The molecule has 0 bridgehead atoms. The Labute approximate surface area is 120 Å². The van der Waals surface area contributed by atoms with Crippen molar-refractivity contribution in [3.63, 3.8) is 0 Å². The van der Waals surface area contributed by atoms with Crippen molar-refractivity contribution < 1.29 is 9.53 Å². The first-order valence-electron chi connectivity index (χ1n) is 6.95. The summed E-state index contributed by atoms with van der Waals surface area (Å²) in [6, 6.07) is 6.93. The van der Waals surface area contributed by atoms with Crippen molar-refractivity contribution in [3.05, 3.63) is 34.6 Å². The Kier molecular flexibility index (Phi) is 3.92. The van der Waals surface area contributed by atoms with E-state index < -0.39 is 0 Å². The average molecular weight is 288 g/mol. The number of aromatic nitrogens is 3. The maximum Gasteiger partial charge on any atom is 0.278 e. The summed E-state index contributed by atoms with van der Waals surface area (Å²) in [5.74, 6) is -0.266. The van der Waals surface area contributed by atoms with Crippen molar-refractivity contribution in [1.82, 2.24) is 20.3 Å². The zero-order valence-corrected chi connectivity index (χ0v) is 11.5. The van der Waals surface area contributed by atoms with Crippen LogP contribution in [0.2, 0.25) is 0 Å². The molecule has 2 heterocycles. The summed E-state index contributed by atoms with van der Waals surface area (Å²) in [6.07, 6.45) is 2.06. The van der Waals surface area contributed by atoms with Crippen LogP contribution in [0, 0.1) is 0 Å². The average Bonchev–Trinajstić information content (AvgIpc) is 3.02. The number of hydrogen-bond donors (Lipinski definition) is 1. The molecule has 0 saturated carbocycles. The lowest BCUT2D eigenvalue weighted by Crippen LogP contribution is -2.37. The van der Waals surface area contributed by atoms with Crippen molar-refractivity contribution in [2.45, 2.75) is 25.5 Å². The third-order valence-corrected chi connectivity index (χ3v) is 3.47. The van der Waals surface area contributed by atoms with Gasteiger partial charge < -0.3 is 10.1 Å². The van der Waals surface area contributed by atoms with Gasteiger partial charge in [0.25, 0.3) is 5.56 Å². The molecule has 1 fully saturated rings. The first kappa shape index (κ1) is 13.7. The molecule has 1 unspecified atom stereocenters. The van der Waals surface area contributed by atoms with Crippen LogP contribution in [-0.2, 0) is 16.1 Å². The standard InChI is InChI=1S/C14H16N4O3/c19-13(15-8-10-4-3-7-21-10)9-18-14(20)11-5-1-2-6-12(11)16-17-18/h1-2,5-6,10H,3-4,7-9H2,(H,15,19). The quantitative estimate of drug-likeness (QED) is 0.861. The third-order valence-electron chi connectivity index (χ3n) is 3.47. The second-order valence-corrected chi connectivity index (χ2v) is 5.01. The number of ether oxygens (including phenoxy) is 1. The Bertz CT molecular complexity index is 707. The van der Waals surface area contributed by atoms with Crippen LogP contribution in [0.5, 0.6) is 0 Å². The predicted molar refractivity (Wildman–Crippen MR) is 75.8 cm³/mol. The number of rotatable bonds is 4. The normalized spacial score (nSPS) is 18.0. The molecule has 0 radical (unpaired) electrons. The number of nitrogens with zero attached hydrogens (tertiary/aromatic N) is 3. The van der Waals surface area contributed by atoms with Gasteiger partial charge >= 0.3 is 0 Å². The van der Waals surface area contributed by atoms with E-state index in [1.54, 1.807) is 24.3 Å². The molecule has 0 aliphatic carbocycles. The SMILES string of the molecule is O=C(Cn1nnc2ccccc2c1=O)NCC1CCCO1. The van der Waals surface area contributed by atoms with E-state index >= 15 is 0 Å². The van der Waals surface area contributed by atoms with E-state index in [9.17, 15) is 9.59 Å². The maximum atomic E-state index is 12.2. The molecule has 1 amide bonds. The molecule has 2 aromatic rings. The van der Waals surface area contributed by atoms with Gasteiger partial charge in [-0.1, -0.05) is 17.3 Å². The number of carbonyl (C=O) groups excluding carboxylic acids is 1. The molecule has 1 aliphatic rings. The second kappa shape index (κ2) is 6.01. The van der Waals surface area contributed by atoms with Crippen LogP contribution in [0.15, 0.2) is 29.1 Å². The zero-order chi connectivity index (χ0) is 14.7. The Hall–Kier alpha value is -2.28. The summed E-state index contributed by atoms with van der Waals surface area (Å²) < 4.78 is 6.50. The van der Waals surface area contributed by atoms with Gasteiger partial charge in [0.1, 0.15) is 12.1 Å². The Morgan fingerprint density at radius 2 is 2.29 bits per heavy atom. The lowest BCUT2D eigenvalue weighted by atomic mass is 10.2. The van der Waals surface area contributed by atoms with Crippen LogP contribution in [0.25, 0.3) is 10.9 Å². The van der Waals surface area contributed by atoms with Gasteiger partial charge in [0.15, 0.2) is 0 Å². The molecule has 7 nitrogen and oxygen atoms in total. The maximum absolute atomic E-state index is 12.2. The molecule has 0 spiro atoms. The number of nitrogens with one attached hydrogen (secondary N) is 1. The number of amides is 1. The van der Waals surface area contributed by atoms with E-state index in [1.807, 2.05) is 0 Å². The van der Waals surface area contributed by atoms with Crippen LogP contribution in [-0.4, -0.2) is 40.2 Å². The van der Waals surface area contributed by atoms with Gasteiger partial charge in [-0.25, -0.2) is 4.68 Å². The molecule has 1 N–H and O–H groups in total. The molecular formula is C14H16N4O3. The van der Waals surface area contributed by atoms with Crippen LogP contribution in [0.4, 0.5) is 0 Å². The summed E-state index contributed by atoms with van der Waals surface area (Å²) >= 11 is 0. The molecule has 1 aromatic heterocycles. The van der Waals surface area contributed by atoms with Gasteiger partial charge in [-0.2, -0.15) is 0 Å². The van der Waals surface area contributed by atoms with Gasteiger partial charge in [0.05, 0.1) is 11.5 Å². The van der Waals surface area contributed by atoms with Gasteiger partial charge in [-0.3, -0.25) is 9.59 Å². The van der Waals surface area contributed by atoms with Crippen LogP contribution < -0.4 is 10.9 Å². The topological polar surface area (TPSA) is 86.1 Å². The first-order valence-corrected chi connectivity index (χ1v) is 6.95. The monoisotopic (exact) mass is 288 g/mol. The first-order chi connectivity index (χ1) is 10.2. The van der Waals surface area contributed by atoms with Crippen molar-refractivity contribution in [2.24, 2.45) is 0 Å². The fraction of sp³-hybridized carbons (Fsp3) is 0.429. The van der Waals surface area contributed by atoms with Crippen molar-refractivity contribution in [2.75, 3.05) is 13.2 Å². The van der Waals surface area contributed by atoms with E-state index in [2.05, 4.69) is 15.6 Å². The highest BCUT2D eigenvalue weighted by Gasteiger charge is 2.16. The van der Waals surface area contributed by atoms with E-state index in [1.165, 1.54) is 0 Å². The third kappa shape index (κ3) is 3.08. The fourth-order valence-electron chi connectivity index (χ4n) is 2.35. The molecule has 110 valence electrons. The summed E-state index contributed by atoms with van der Waals surface area (Å²) in [4.78, 5) is 24.0. The summed E-state index contributed by atoms with van der Waals surface area (Å²) in [6.45, 7) is 1.08. The number of hydrogen-bond acceptors (Lipinski definition) is 5. The number of carbonyl (C=O) groups is 1. The minimum Gasteiger partial charge on any atom is -0.376 e. The highest BCUT2D eigenvalue weighted by molar-refractivity contribution is 5.78. The second-order valence-electron chi connectivity index (χ2n) is 5.01. The minimum absolute atomic E-state index is 0.0772. The Morgan fingerprint density at radius 1 is 1.43 bits per heavy atom. The summed E-state index contributed by atoms with van der Waals surface area (Å²) in [5, 5.41) is 10.9. The van der Waals surface area contributed by atoms with Crippen LogP contribution in [0.1, 0.15) is 12.8 Å². The molecule has 7 heteroatoms. The molecule has 1 atom stereocenters. The fourth-order valence-corrected chi connectivity index (χ4v) is 2.35. The molecule has 1 aromatic carbocycles. The summed E-state index contributed by atoms with van der Waals surface area (Å²) in [5.41, 5.74) is 0.214. The molecule has 1 aliphatic heterocycles. The zero-order valence-electron chi connectivity index (χ0n) is 11.5. The van der Waals surface area contributed by atoms with E-state index in [-0.39, 0.29) is 24.1 Å². The van der Waals surface area contributed by atoms with Crippen molar-refractivity contribution in [1.29, 1.82) is 0 Å². The predicted octanol–water partition coefficient (Wildman–Crippen LogP) is 0.0867. The van der Waals surface area contributed by atoms with E-state index in [0.717, 1.165) is 24.1 Å². The van der Waals surface area contributed by atoms with Crippen LogP contribution >= 0.6 is 0 Å². The lowest BCUT2D eigenvalue weighted by Gasteiger charge is -2.11. The molecule has 1 saturated heterocycles. The van der Waals surface area contributed by atoms with Gasteiger partial charge in [0.2, 0.25) is 5.91 Å².